The zero-order valence-electron chi connectivity index (χ0n) is 14.1. The molecule has 0 saturated carbocycles. The van der Waals surface area contributed by atoms with E-state index in [-0.39, 0.29) is 5.91 Å². The molecule has 5 nitrogen and oxygen atoms in total. The van der Waals surface area contributed by atoms with E-state index in [9.17, 15) is 4.79 Å². The maximum absolute atomic E-state index is 12.7. The van der Waals surface area contributed by atoms with E-state index in [0.717, 1.165) is 51.1 Å². The minimum Gasteiger partial charge on any atom is -0.427 e. The highest BCUT2D eigenvalue weighted by Crippen LogP contribution is 2.31. The number of benzene rings is 1. The van der Waals surface area contributed by atoms with E-state index in [1.807, 2.05) is 17.0 Å². The maximum atomic E-state index is 12.7. The van der Waals surface area contributed by atoms with Crippen molar-refractivity contribution in [3.05, 3.63) is 35.4 Å². The first-order valence-electron chi connectivity index (χ1n) is 8.38. The van der Waals surface area contributed by atoms with E-state index in [0.29, 0.717) is 6.04 Å². The molecule has 1 aromatic carbocycles. The number of carbonyl (C=O) groups is 1. The topological polar surface area (TPSA) is 36.0 Å². The van der Waals surface area contributed by atoms with Crippen molar-refractivity contribution < 1.29 is 9.45 Å². The molecular weight excluding hydrogens is 289 g/mol. The Kier molecular flexibility index (Phi) is 5.36. The lowest BCUT2D eigenvalue weighted by molar-refractivity contribution is 0.0664. The Hall–Kier alpha value is -1.37. The van der Waals surface area contributed by atoms with E-state index in [2.05, 4.69) is 28.9 Å². The van der Waals surface area contributed by atoms with Crippen LogP contribution in [0.1, 0.15) is 34.8 Å². The van der Waals surface area contributed by atoms with Crippen LogP contribution in [0.2, 0.25) is 0 Å². The summed E-state index contributed by atoms with van der Waals surface area (Å²) in [5, 5.41) is 0. The molecule has 1 atom stereocenters. The first-order chi connectivity index (χ1) is 11.2. The van der Waals surface area contributed by atoms with Gasteiger partial charge < -0.3 is 19.3 Å². The van der Waals surface area contributed by atoms with Gasteiger partial charge in [0.05, 0.1) is 0 Å². The molecule has 1 unspecified atom stereocenters. The number of amides is 1. The highest BCUT2D eigenvalue weighted by atomic mass is 16.4. The Morgan fingerprint density at radius 2 is 2.00 bits per heavy atom. The first kappa shape index (κ1) is 16.5. The highest BCUT2D eigenvalue weighted by molar-refractivity contribution is 6.23. The molecule has 6 heteroatoms. The molecule has 123 valence electrons. The predicted molar refractivity (Wildman–Crippen MR) is 91.3 cm³/mol. The number of carbonyl (C=O) groups excluding carboxylic acids is 1. The van der Waals surface area contributed by atoms with Crippen molar-refractivity contribution in [3.8, 4) is 0 Å². The van der Waals surface area contributed by atoms with E-state index >= 15 is 0 Å². The van der Waals surface area contributed by atoms with Crippen LogP contribution in [0.15, 0.2) is 24.3 Å². The summed E-state index contributed by atoms with van der Waals surface area (Å²) in [5.74, 6) is 0.153. The molecule has 0 aliphatic carbocycles. The molecular formula is C17H25BN3O2. The number of piperazine rings is 1. The molecule has 1 radical (unpaired) electrons. The first-order valence-corrected chi connectivity index (χ1v) is 8.38. The number of hydrogen-bond acceptors (Lipinski definition) is 4. The van der Waals surface area contributed by atoms with Gasteiger partial charge in [-0.25, -0.2) is 0 Å². The van der Waals surface area contributed by atoms with Crippen molar-refractivity contribution in [3.63, 3.8) is 0 Å². The smallest absolute Gasteiger partial charge is 0.399 e. The van der Waals surface area contributed by atoms with Gasteiger partial charge in [-0.3, -0.25) is 4.79 Å². The van der Waals surface area contributed by atoms with Gasteiger partial charge in [0.15, 0.2) is 0 Å². The summed E-state index contributed by atoms with van der Waals surface area (Å²) in [5.41, 5.74) is 2.01. The van der Waals surface area contributed by atoms with Crippen LogP contribution in [-0.4, -0.2) is 75.0 Å². The van der Waals surface area contributed by atoms with Crippen LogP contribution in [0.4, 0.5) is 0 Å². The molecule has 3 rings (SSSR count). The van der Waals surface area contributed by atoms with Gasteiger partial charge in [-0.15, -0.1) is 0 Å². The third-order valence-electron chi connectivity index (χ3n) is 4.84. The van der Waals surface area contributed by atoms with Crippen LogP contribution >= 0.6 is 0 Å². The monoisotopic (exact) mass is 314 g/mol. The van der Waals surface area contributed by atoms with Gasteiger partial charge in [-0.05, 0) is 44.1 Å². The van der Waals surface area contributed by atoms with Crippen LogP contribution in [0.3, 0.4) is 0 Å². The second-order valence-electron chi connectivity index (χ2n) is 6.46. The number of likely N-dealkylation sites (N-methyl/N-ethyl adjacent to an activating group) is 1. The summed E-state index contributed by atoms with van der Waals surface area (Å²) >= 11 is 0. The van der Waals surface area contributed by atoms with Crippen molar-refractivity contribution >= 4 is 13.5 Å². The molecule has 0 spiro atoms. The molecule has 0 N–H and O–H groups in total. The summed E-state index contributed by atoms with van der Waals surface area (Å²) in [7, 11) is 5.58. The van der Waals surface area contributed by atoms with Gasteiger partial charge in [0, 0.05) is 44.9 Å². The molecule has 0 bridgehead atoms. The highest BCUT2D eigenvalue weighted by Gasteiger charge is 2.28. The second kappa shape index (κ2) is 7.47. The molecule has 2 fully saturated rings. The molecule has 2 heterocycles. The summed E-state index contributed by atoms with van der Waals surface area (Å²) in [4.78, 5) is 19.2. The van der Waals surface area contributed by atoms with Gasteiger partial charge >= 0.3 is 7.62 Å². The fraction of sp³-hybridized carbons (Fsp3) is 0.588. The van der Waals surface area contributed by atoms with Crippen LogP contribution in [-0.2, 0) is 4.65 Å². The molecule has 1 amide bonds. The Labute approximate surface area is 139 Å². The summed E-state index contributed by atoms with van der Waals surface area (Å²) < 4.78 is 5.18. The van der Waals surface area contributed by atoms with Crippen molar-refractivity contribution in [1.29, 1.82) is 0 Å². The average Bonchev–Trinajstić information content (AvgIpc) is 3.04. The molecule has 2 saturated heterocycles. The fourth-order valence-electron chi connectivity index (χ4n) is 3.48. The Balaban J connectivity index is 1.73. The third-order valence-corrected chi connectivity index (χ3v) is 4.84. The van der Waals surface area contributed by atoms with Crippen LogP contribution in [0, 0.1) is 0 Å². The predicted octanol–water partition coefficient (Wildman–Crippen LogP) is 1.39. The summed E-state index contributed by atoms with van der Waals surface area (Å²) in [6.45, 7) is 4.53. The SMILES string of the molecule is CO[B]N1CCCC1c1cccc(C(=O)N2CCN(C)CC2)c1. The molecule has 23 heavy (non-hydrogen) atoms. The van der Waals surface area contributed by atoms with E-state index < -0.39 is 0 Å². The molecule has 2 aliphatic rings. The van der Waals surface area contributed by atoms with Crippen molar-refractivity contribution in [2.24, 2.45) is 0 Å². The van der Waals surface area contributed by atoms with Crippen LogP contribution in [0.25, 0.3) is 0 Å². The van der Waals surface area contributed by atoms with Gasteiger partial charge in [-0.2, -0.15) is 0 Å². The fourth-order valence-corrected chi connectivity index (χ4v) is 3.48. The maximum Gasteiger partial charge on any atom is 0.399 e. The second-order valence-corrected chi connectivity index (χ2v) is 6.46. The largest absolute Gasteiger partial charge is 0.427 e. The lowest BCUT2D eigenvalue weighted by Gasteiger charge is -2.32. The van der Waals surface area contributed by atoms with Crippen molar-refractivity contribution in [1.82, 2.24) is 14.6 Å². The van der Waals surface area contributed by atoms with Crippen LogP contribution in [0.5, 0.6) is 0 Å². The molecule has 1 aromatic rings. The normalized spacial score (nSPS) is 23.2. The number of nitrogens with zero attached hydrogens (tertiary/aromatic N) is 3. The number of hydrogen-bond donors (Lipinski definition) is 0. The Morgan fingerprint density at radius 1 is 1.22 bits per heavy atom. The van der Waals surface area contributed by atoms with Gasteiger partial charge in [0.2, 0.25) is 0 Å². The average molecular weight is 314 g/mol. The Bertz CT molecular complexity index is 546. The van der Waals surface area contributed by atoms with Crippen molar-refractivity contribution in [2.45, 2.75) is 18.9 Å². The van der Waals surface area contributed by atoms with E-state index in [1.165, 1.54) is 5.56 Å². The Morgan fingerprint density at radius 3 is 2.74 bits per heavy atom. The zero-order chi connectivity index (χ0) is 16.2. The standard InChI is InChI=1S/C17H25BN3O2/c1-19-9-11-20(12-10-19)17(22)15-6-3-5-14(13-15)16-7-4-8-21(16)18-23-2/h3,5-6,13,16H,4,7-12H2,1-2H3. The lowest BCUT2D eigenvalue weighted by atomic mass is 9.98. The molecule has 0 aromatic heterocycles. The van der Waals surface area contributed by atoms with Gasteiger partial charge in [-0.1, -0.05) is 12.1 Å². The van der Waals surface area contributed by atoms with E-state index in [4.69, 9.17) is 4.65 Å². The summed E-state index contributed by atoms with van der Waals surface area (Å²) in [6, 6.07) is 8.43. The lowest BCUT2D eigenvalue weighted by Crippen LogP contribution is -2.47. The quantitative estimate of drug-likeness (QED) is 0.787. The number of rotatable bonds is 4. The van der Waals surface area contributed by atoms with Crippen LogP contribution < -0.4 is 0 Å². The van der Waals surface area contributed by atoms with Crippen molar-refractivity contribution in [2.75, 3.05) is 46.9 Å². The molecule has 2 aliphatic heterocycles. The summed E-state index contributed by atoms with van der Waals surface area (Å²) in [6.07, 6.45) is 2.26. The van der Waals surface area contributed by atoms with Gasteiger partial charge in [0.1, 0.15) is 0 Å². The van der Waals surface area contributed by atoms with Gasteiger partial charge in [0.25, 0.3) is 5.91 Å². The van der Waals surface area contributed by atoms with E-state index in [1.54, 1.807) is 14.7 Å². The minimum atomic E-state index is 0.153. The third kappa shape index (κ3) is 3.76. The zero-order valence-corrected chi connectivity index (χ0v) is 14.1. The minimum absolute atomic E-state index is 0.153.